The van der Waals surface area contributed by atoms with Crippen molar-refractivity contribution in [3.05, 3.63) is 41.2 Å². The molecule has 0 fully saturated rings. The Labute approximate surface area is 104 Å². The second-order valence-electron chi connectivity index (χ2n) is 3.38. The molecule has 1 rings (SSSR count). The number of benzene rings is 1. The van der Waals surface area contributed by atoms with E-state index < -0.39 is 0 Å². The Morgan fingerprint density at radius 3 is 3.00 bits per heavy atom. The van der Waals surface area contributed by atoms with Crippen molar-refractivity contribution in [1.29, 1.82) is 5.26 Å². The first-order valence-electron chi connectivity index (χ1n) is 5.08. The number of nitrogens with zero attached hydrogens (tertiary/aromatic N) is 1. The van der Waals surface area contributed by atoms with Crippen molar-refractivity contribution in [2.24, 2.45) is 0 Å². The maximum absolute atomic E-state index is 13.0. The molecular formula is C13H12FNOS. The summed E-state index contributed by atoms with van der Waals surface area (Å²) in [5.41, 5.74) is 1.48. The third-order valence-electron chi connectivity index (χ3n) is 2.06. The van der Waals surface area contributed by atoms with Crippen molar-refractivity contribution in [2.45, 2.75) is 13.3 Å². The van der Waals surface area contributed by atoms with Crippen LogP contribution < -0.4 is 0 Å². The van der Waals surface area contributed by atoms with Gasteiger partial charge in [-0.05, 0) is 23.3 Å². The first-order chi connectivity index (χ1) is 8.13. The number of nitriles is 1. The van der Waals surface area contributed by atoms with E-state index in [2.05, 4.69) is 0 Å². The molecule has 0 saturated carbocycles. The number of thioether (sulfide) groups is 1. The molecule has 0 amide bonds. The minimum absolute atomic E-state index is 0.0474. The first-order valence-corrected chi connectivity index (χ1v) is 6.07. The van der Waals surface area contributed by atoms with Gasteiger partial charge in [-0.2, -0.15) is 5.26 Å². The predicted octanol–water partition coefficient (Wildman–Crippen LogP) is 3.18. The van der Waals surface area contributed by atoms with E-state index in [1.807, 2.05) is 6.07 Å². The van der Waals surface area contributed by atoms with Gasteiger partial charge in [-0.15, -0.1) is 0 Å². The molecule has 88 valence electrons. The van der Waals surface area contributed by atoms with Crippen molar-refractivity contribution >= 4 is 23.0 Å². The topological polar surface area (TPSA) is 40.9 Å². The van der Waals surface area contributed by atoms with E-state index >= 15 is 0 Å². The molecule has 0 unspecified atom stereocenters. The zero-order chi connectivity index (χ0) is 12.7. The fourth-order valence-electron chi connectivity index (χ4n) is 1.31. The van der Waals surface area contributed by atoms with Crippen LogP contribution in [0.5, 0.6) is 0 Å². The number of carbonyl (C=O) groups excluding carboxylic acids is 1. The highest BCUT2D eigenvalue weighted by Gasteiger charge is 2.01. The van der Waals surface area contributed by atoms with Crippen molar-refractivity contribution in [1.82, 2.24) is 0 Å². The molecule has 0 bridgehead atoms. The minimum atomic E-state index is -0.328. The monoisotopic (exact) mass is 249 g/mol. The average molecular weight is 249 g/mol. The summed E-state index contributed by atoms with van der Waals surface area (Å²) in [4.78, 5) is 10.7. The lowest BCUT2D eigenvalue weighted by Gasteiger charge is -2.01. The van der Waals surface area contributed by atoms with Gasteiger partial charge in [0.2, 0.25) is 0 Å². The van der Waals surface area contributed by atoms with Crippen LogP contribution in [0.3, 0.4) is 0 Å². The van der Waals surface area contributed by atoms with Gasteiger partial charge in [-0.3, -0.25) is 4.79 Å². The molecule has 0 aliphatic rings. The lowest BCUT2D eigenvalue weighted by atomic mass is 10.0. The van der Waals surface area contributed by atoms with E-state index in [0.29, 0.717) is 11.3 Å². The van der Waals surface area contributed by atoms with Gasteiger partial charge in [-0.1, -0.05) is 30.0 Å². The summed E-state index contributed by atoms with van der Waals surface area (Å²) in [6.07, 6.45) is 3.78. The van der Waals surface area contributed by atoms with Crippen LogP contribution in [0, 0.1) is 17.1 Å². The minimum Gasteiger partial charge on any atom is -0.288 e. The van der Waals surface area contributed by atoms with E-state index in [9.17, 15) is 9.18 Å². The molecule has 17 heavy (non-hydrogen) atoms. The van der Waals surface area contributed by atoms with Crippen LogP contribution in [-0.2, 0) is 11.2 Å². The second kappa shape index (κ2) is 6.87. The highest BCUT2D eigenvalue weighted by molar-refractivity contribution is 8.13. The van der Waals surface area contributed by atoms with E-state index in [4.69, 9.17) is 5.26 Å². The van der Waals surface area contributed by atoms with Crippen LogP contribution >= 0.6 is 11.8 Å². The summed E-state index contributed by atoms with van der Waals surface area (Å²) in [7, 11) is 0. The number of hydrogen-bond acceptors (Lipinski definition) is 3. The Balaban J connectivity index is 2.77. The van der Waals surface area contributed by atoms with Crippen LogP contribution in [0.2, 0.25) is 0 Å². The smallest absolute Gasteiger partial charge is 0.186 e. The van der Waals surface area contributed by atoms with Gasteiger partial charge in [0.1, 0.15) is 5.82 Å². The largest absolute Gasteiger partial charge is 0.288 e. The normalized spacial score (nSPS) is 10.4. The van der Waals surface area contributed by atoms with Crippen molar-refractivity contribution in [3.8, 4) is 6.07 Å². The molecule has 0 aliphatic carbocycles. The van der Waals surface area contributed by atoms with Crippen molar-refractivity contribution in [2.75, 3.05) is 5.75 Å². The maximum Gasteiger partial charge on any atom is 0.186 e. The van der Waals surface area contributed by atoms with Crippen molar-refractivity contribution in [3.63, 3.8) is 0 Å². The van der Waals surface area contributed by atoms with E-state index in [-0.39, 0.29) is 17.4 Å². The lowest BCUT2D eigenvalue weighted by Crippen LogP contribution is -1.89. The molecule has 0 aliphatic heterocycles. The molecule has 0 N–H and O–H groups in total. The quantitative estimate of drug-likeness (QED) is 0.822. The lowest BCUT2D eigenvalue weighted by molar-refractivity contribution is -0.109. The van der Waals surface area contributed by atoms with E-state index in [0.717, 1.165) is 5.56 Å². The third kappa shape index (κ3) is 4.83. The first kappa shape index (κ1) is 13.5. The van der Waals surface area contributed by atoms with Gasteiger partial charge in [0.25, 0.3) is 0 Å². The molecule has 0 atom stereocenters. The van der Waals surface area contributed by atoms with Gasteiger partial charge in [0.15, 0.2) is 5.12 Å². The standard InChI is InChI=1S/C13H12FNOS/c1-10(16)17-8-2-3-12-9-13(14)5-4-11(12)6-7-15/h2-5,9H,6,8H2,1H3. The summed E-state index contributed by atoms with van der Waals surface area (Å²) in [6, 6.07) is 6.38. The van der Waals surface area contributed by atoms with E-state index in [1.165, 1.54) is 30.8 Å². The molecule has 2 nitrogen and oxygen atoms in total. The van der Waals surface area contributed by atoms with Crippen LogP contribution in [0.4, 0.5) is 4.39 Å². The number of carbonyl (C=O) groups is 1. The van der Waals surface area contributed by atoms with Gasteiger partial charge < -0.3 is 0 Å². The Hall–Kier alpha value is -1.60. The predicted molar refractivity (Wildman–Crippen MR) is 67.9 cm³/mol. The molecule has 0 aromatic heterocycles. The highest BCUT2D eigenvalue weighted by Crippen LogP contribution is 2.14. The SMILES string of the molecule is CC(=O)SCC=Cc1cc(F)ccc1CC#N. The summed E-state index contributed by atoms with van der Waals surface area (Å²) in [6.45, 7) is 1.50. The zero-order valence-electron chi connectivity index (χ0n) is 9.44. The number of hydrogen-bond donors (Lipinski definition) is 0. The fourth-order valence-corrected chi connectivity index (χ4v) is 1.73. The van der Waals surface area contributed by atoms with Crippen LogP contribution in [0.15, 0.2) is 24.3 Å². The summed E-state index contributed by atoms with van der Waals surface area (Å²) in [5, 5.41) is 8.69. The van der Waals surface area contributed by atoms with Crippen LogP contribution in [-0.4, -0.2) is 10.9 Å². The Bertz CT molecular complexity index is 477. The maximum atomic E-state index is 13.0. The highest BCUT2D eigenvalue weighted by atomic mass is 32.2. The average Bonchev–Trinajstić information content (AvgIpc) is 2.28. The Morgan fingerprint density at radius 1 is 1.59 bits per heavy atom. The second-order valence-corrected chi connectivity index (χ2v) is 4.58. The van der Waals surface area contributed by atoms with Gasteiger partial charge in [0.05, 0.1) is 12.5 Å². The summed E-state index contributed by atoms with van der Waals surface area (Å²) >= 11 is 1.19. The molecule has 0 spiro atoms. The Morgan fingerprint density at radius 2 is 2.35 bits per heavy atom. The molecule has 1 aromatic rings. The number of halogens is 1. The third-order valence-corrected chi connectivity index (χ3v) is 2.82. The van der Waals surface area contributed by atoms with Crippen LogP contribution in [0.25, 0.3) is 6.08 Å². The van der Waals surface area contributed by atoms with E-state index in [1.54, 1.807) is 18.2 Å². The molecule has 0 saturated heterocycles. The van der Waals surface area contributed by atoms with Gasteiger partial charge in [0, 0.05) is 12.7 Å². The molecule has 4 heteroatoms. The zero-order valence-corrected chi connectivity index (χ0v) is 10.3. The molecule has 0 radical (unpaired) electrons. The van der Waals surface area contributed by atoms with Gasteiger partial charge >= 0.3 is 0 Å². The summed E-state index contributed by atoms with van der Waals surface area (Å²) < 4.78 is 13.0. The number of rotatable bonds is 4. The fraction of sp³-hybridized carbons (Fsp3) is 0.231. The van der Waals surface area contributed by atoms with Crippen molar-refractivity contribution < 1.29 is 9.18 Å². The van der Waals surface area contributed by atoms with Gasteiger partial charge in [-0.25, -0.2) is 4.39 Å². The molecule has 1 aromatic carbocycles. The summed E-state index contributed by atoms with van der Waals surface area (Å²) in [5.74, 6) is 0.225. The Kier molecular flexibility index (Phi) is 5.44. The molecular weight excluding hydrogens is 237 g/mol. The molecule has 0 heterocycles. The van der Waals surface area contributed by atoms with Crippen LogP contribution in [0.1, 0.15) is 18.1 Å².